The van der Waals surface area contributed by atoms with Crippen LogP contribution < -0.4 is 24.4 Å². The van der Waals surface area contributed by atoms with Crippen molar-refractivity contribution in [3.05, 3.63) is 89.3 Å². The summed E-state index contributed by atoms with van der Waals surface area (Å²) in [4.78, 5) is 32.1. The van der Waals surface area contributed by atoms with Crippen molar-refractivity contribution < 1.29 is 28.1 Å². The van der Waals surface area contributed by atoms with Gasteiger partial charge in [0.1, 0.15) is 12.4 Å². The van der Waals surface area contributed by atoms with Gasteiger partial charge in [-0.25, -0.2) is 14.2 Å². The highest BCUT2D eigenvalue weighted by atomic mass is 35.5. The summed E-state index contributed by atoms with van der Waals surface area (Å²) in [6.07, 6.45) is 3.26. The Kier molecular flexibility index (Phi) is 9.78. The highest BCUT2D eigenvalue weighted by Crippen LogP contribution is 2.36. The van der Waals surface area contributed by atoms with Crippen molar-refractivity contribution in [2.24, 2.45) is 4.99 Å². The second-order valence-electron chi connectivity index (χ2n) is 8.96. The number of fused-ring (bicyclic) bond motifs is 1. The number of methoxy groups -OCH3 is 2. The number of ether oxygens (including phenoxy) is 4. The predicted octanol–water partition coefficient (Wildman–Crippen LogP) is 4.40. The zero-order valence-corrected chi connectivity index (χ0v) is 24.2. The van der Waals surface area contributed by atoms with Crippen molar-refractivity contribution in [3.8, 4) is 11.5 Å². The first-order valence-corrected chi connectivity index (χ1v) is 13.9. The van der Waals surface area contributed by atoms with Crippen molar-refractivity contribution in [1.29, 1.82) is 0 Å². The zero-order valence-electron chi connectivity index (χ0n) is 22.7. The minimum atomic E-state index is -0.886. The molecule has 0 spiro atoms. The van der Waals surface area contributed by atoms with E-state index in [1.54, 1.807) is 31.2 Å². The number of benzene rings is 2. The summed E-state index contributed by atoms with van der Waals surface area (Å²) in [6.45, 7) is 4.52. The molecule has 1 aromatic heterocycles. The predicted molar refractivity (Wildman–Crippen MR) is 151 cm³/mol. The van der Waals surface area contributed by atoms with E-state index in [-0.39, 0.29) is 33.9 Å². The van der Waals surface area contributed by atoms with Crippen LogP contribution in [0, 0.1) is 5.82 Å². The summed E-state index contributed by atoms with van der Waals surface area (Å²) >= 11 is 7.30. The molecule has 0 radical (unpaired) electrons. The lowest BCUT2D eigenvalue weighted by Gasteiger charge is -2.25. The molecule has 11 heteroatoms. The Balaban J connectivity index is 1.89. The van der Waals surface area contributed by atoms with Gasteiger partial charge in [0.15, 0.2) is 16.3 Å². The summed E-state index contributed by atoms with van der Waals surface area (Å²) < 4.78 is 38.1. The van der Waals surface area contributed by atoms with Crippen molar-refractivity contribution >= 4 is 35.0 Å². The molecule has 0 amide bonds. The van der Waals surface area contributed by atoms with Gasteiger partial charge in [-0.3, -0.25) is 9.36 Å². The van der Waals surface area contributed by atoms with Crippen molar-refractivity contribution in [2.75, 3.05) is 34.0 Å². The monoisotopic (exact) mass is 588 g/mol. The lowest BCUT2D eigenvalue weighted by atomic mass is 9.95. The summed E-state index contributed by atoms with van der Waals surface area (Å²) in [5.74, 6) is -0.185. The van der Waals surface area contributed by atoms with Crippen LogP contribution in [0.25, 0.3) is 6.08 Å². The van der Waals surface area contributed by atoms with Crippen LogP contribution in [-0.2, 0) is 14.3 Å². The van der Waals surface area contributed by atoms with Crippen molar-refractivity contribution in [2.45, 2.75) is 32.7 Å². The van der Waals surface area contributed by atoms with E-state index >= 15 is 0 Å². The fourth-order valence-corrected chi connectivity index (χ4v) is 5.52. The molecule has 2 heterocycles. The van der Waals surface area contributed by atoms with Crippen molar-refractivity contribution in [1.82, 2.24) is 4.57 Å². The first-order valence-electron chi connectivity index (χ1n) is 12.7. The van der Waals surface area contributed by atoms with Crippen LogP contribution in [0.15, 0.2) is 57.5 Å². The Morgan fingerprint density at radius 2 is 1.98 bits per heavy atom. The fraction of sp³-hybridized carbons (Fsp3) is 0.345. The highest BCUT2D eigenvalue weighted by molar-refractivity contribution is 7.07. The Bertz CT molecular complexity index is 1590. The maximum Gasteiger partial charge on any atom is 0.338 e. The Morgan fingerprint density at radius 1 is 1.18 bits per heavy atom. The molecule has 8 nitrogen and oxygen atoms in total. The SMILES string of the molecule is CCCCOc1ccc(C2C(C(=O)OCCOC)=C(C)N=c3sc(=Cc4c(F)cccc4Cl)c(=O)n32)cc1OC. The smallest absolute Gasteiger partial charge is 0.338 e. The molecule has 2 aromatic carbocycles. The van der Waals surface area contributed by atoms with Crippen LogP contribution in [-0.4, -0.2) is 44.6 Å². The molecule has 0 saturated carbocycles. The van der Waals surface area contributed by atoms with E-state index in [0.717, 1.165) is 24.2 Å². The second kappa shape index (κ2) is 13.3. The number of allylic oxidation sites excluding steroid dienone is 1. The van der Waals surface area contributed by atoms with E-state index in [1.807, 2.05) is 0 Å². The van der Waals surface area contributed by atoms with Gasteiger partial charge in [0.2, 0.25) is 0 Å². The number of carbonyl (C=O) groups excluding carboxylic acids is 1. The molecular weight excluding hydrogens is 559 g/mol. The largest absolute Gasteiger partial charge is 0.493 e. The summed E-state index contributed by atoms with van der Waals surface area (Å²) in [7, 11) is 3.03. The number of carbonyl (C=O) groups is 1. The number of aromatic nitrogens is 1. The Hall–Kier alpha value is -3.47. The van der Waals surface area contributed by atoms with E-state index in [9.17, 15) is 14.0 Å². The number of rotatable bonds is 11. The van der Waals surface area contributed by atoms with E-state index in [2.05, 4.69) is 11.9 Å². The molecule has 1 atom stereocenters. The van der Waals surface area contributed by atoms with Crippen LogP contribution in [0.4, 0.5) is 4.39 Å². The number of thiazole rings is 1. The van der Waals surface area contributed by atoms with Gasteiger partial charge < -0.3 is 18.9 Å². The minimum Gasteiger partial charge on any atom is -0.493 e. The van der Waals surface area contributed by atoms with Crippen LogP contribution >= 0.6 is 22.9 Å². The molecular formula is C29H30ClFN2O6S. The summed E-state index contributed by atoms with van der Waals surface area (Å²) in [5, 5.41) is 0.171. The molecule has 212 valence electrons. The topological polar surface area (TPSA) is 88.4 Å². The summed E-state index contributed by atoms with van der Waals surface area (Å²) in [5.41, 5.74) is 0.817. The van der Waals surface area contributed by atoms with Gasteiger partial charge in [0.05, 0.1) is 47.2 Å². The third-order valence-electron chi connectivity index (χ3n) is 6.30. The maximum atomic E-state index is 14.6. The number of hydrogen-bond donors (Lipinski definition) is 0. The lowest BCUT2D eigenvalue weighted by molar-refractivity contribution is -0.140. The van der Waals surface area contributed by atoms with Crippen LogP contribution in [0.5, 0.6) is 11.5 Å². The van der Waals surface area contributed by atoms with Crippen LogP contribution in [0.3, 0.4) is 0 Å². The average molecular weight is 589 g/mol. The number of esters is 1. The molecule has 4 rings (SSSR count). The van der Waals surface area contributed by atoms with Crippen LogP contribution in [0.1, 0.15) is 43.9 Å². The van der Waals surface area contributed by atoms with Gasteiger partial charge >= 0.3 is 5.97 Å². The maximum absolute atomic E-state index is 14.6. The zero-order chi connectivity index (χ0) is 28.8. The van der Waals surface area contributed by atoms with Gasteiger partial charge in [-0.1, -0.05) is 48.4 Å². The van der Waals surface area contributed by atoms with Gasteiger partial charge in [0.25, 0.3) is 5.56 Å². The quantitative estimate of drug-likeness (QED) is 0.244. The van der Waals surface area contributed by atoms with Crippen LogP contribution in [0.2, 0.25) is 5.02 Å². The second-order valence-corrected chi connectivity index (χ2v) is 10.4. The number of hydrogen-bond acceptors (Lipinski definition) is 8. The van der Waals surface area contributed by atoms with Gasteiger partial charge in [-0.2, -0.15) is 0 Å². The molecule has 0 fully saturated rings. The molecule has 1 aliphatic rings. The minimum absolute atomic E-state index is 0.0303. The van der Waals surface area contributed by atoms with E-state index in [1.165, 1.54) is 37.0 Å². The van der Waals surface area contributed by atoms with Gasteiger partial charge in [0, 0.05) is 12.7 Å². The molecule has 0 aliphatic carbocycles. The molecule has 1 unspecified atom stereocenters. The van der Waals surface area contributed by atoms with Gasteiger partial charge in [-0.05, 0) is 49.2 Å². The van der Waals surface area contributed by atoms with Crippen molar-refractivity contribution in [3.63, 3.8) is 0 Å². The number of unbranched alkanes of at least 4 members (excludes halogenated alkanes) is 1. The molecule has 0 saturated heterocycles. The molecule has 3 aromatic rings. The van der Waals surface area contributed by atoms with Gasteiger partial charge in [-0.15, -0.1) is 0 Å². The normalized spacial score (nSPS) is 15.1. The highest BCUT2D eigenvalue weighted by Gasteiger charge is 2.34. The standard InChI is InChI=1S/C29H30ClFN2O6S/c1-5-6-12-38-22-11-10-18(15-23(22)37-4)26-25(28(35)39-14-13-36-3)17(2)32-29-33(26)27(34)24(40-29)16-19-20(30)8-7-9-21(19)31/h7-11,15-16,26H,5-6,12-14H2,1-4H3. The third kappa shape index (κ3) is 6.14. The summed E-state index contributed by atoms with van der Waals surface area (Å²) in [6, 6.07) is 8.69. The Labute approximate surface area is 239 Å². The molecule has 0 bridgehead atoms. The lowest BCUT2D eigenvalue weighted by Crippen LogP contribution is -2.40. The number of halogens is 2. The average Bonchev–Trinajstić information content (AvgIpc) is 3.24. The van der Waals surface area contributed by atoms with E-state index in [0.29, 0.717) is 34.2 Å². The molecule has 0 N–H and O–H groups in total. The number of nitrogens with zero attached hydrogens (tertiary/aromatic N) is 2. The Morgan fingerprint density at radius 3 is 2.67 bits per heavy atom. The molecule has 40 heavy (non-hydrogen) atoms. The first kappa shape index (κ1) is 29.5. The van der Waals surface area contributed by atoms with E-state index < -0.39 is 23.4 Å². The van der Waals surface area contributed by atoms with E-state index in [4.69, 9.17) is 30.5 Å². The molecule has 1 aliphatic heterocycles. The fourth-order valence-electron chi connectivity index (χ4n) is 4.27. The third-order valence-corrected chi connectivity index (χ3v) is 7.61. The first-order chi connectivity index (χ1) is 19.3.